The van der Waals surface area contributed by atoms with Gasteiger partial charge in [-0.15, -0.1) is 0 Å². The lowest BCUT2D eigenvalue weighted by Crippen LogP contribution is -2.14. The maximum atomic E-state index is 12.7. The number of ether oxygens (including phenoxy) is 2. The predicted molar refractivity (Wildman–Crippen MR) is 124 cm³/mol. The van der Waals surface area contributed by atoms with Crippen LogP contribution in [0.4, 0.5) is 5.69 Å². The molecule has 4 aromatic rings. The lowest BCUT2D eigenvalue weighted by molar-refractivity contribution is 0.0995. The van der Waals surface area contributed by atoms with Crippen LogP contribution in [0.25, 0.3) is 0 Å². The zero-order valence-electron chi connectivity index (χ0n) is 17.7. The molecule has 1 aromatic heterocycles. The van der Waals surface area contributed by atoms with Gasteiger partial charge >= 0.3 is 0 Å². The van der Waals surface area contributed by atoms with Crippen molar-refractivity contribution in [2.24, 2.45) is 0 Å². The molecule has 0 fully saturated rings. The highest BCUT2D eigenvalue weighted by Crippen LogP contribution is 2.31. The third-order valence-electron chi connectivity index (χ3n) is 4.81. The topological polar surface area (TPSA) is 94.8 Å². The standard InChI is InChI=1S/C25H21NO6S/c1-30-22-9-5-6-10-23(22)32-20-13-11-19(12-14-20)26-25(27)24-18(15-16-31-24)17-33(28,29)21-7-3-2-4-8-21/h2-16H,17H2,1H3,(H,26,27). The van der Waals surface area contributed by atoms with Crippen molar-refractivity contribution >= 4 is 21.4 Å². The SMILES string of the molecule is COc1ccccc1Oc1ccc(NC(=O)c2occc2CS(=O)(=O)c2ccccc2)cc1. The molecule has 0 atom stereocenters. The molecule has 0 aliphatic heterocycles. The van der Waals surface area contributed by atoms with Crippen LogP contribution in [0, 0.1) is 0 Å². The number of benzene rings is 3. The van der Waals surface area contributed by atoms with E-state index < -0.39 is 15.7 Å². The maximum Gasteiger partial charge on any atom is 0.291 e. The Balaban J connectivity index is 1.45. The number of sulfone groups is 1. The van der Waals surface area contributed by atoms with Crippen molar-refractivity contribution in [3.63, 3.8) is 0 Å². The van der Waals surface area contributed by atoms with Crippen LogP contribution < -0.4 is 14.8 Å². The van der Waals surface area contributed by atoms with Gasteiger partial charge in [0.25, 0.3) is 5.91 Å². The summed E-state index contributed by atoms with van der Waals surface area (Å²) in [6, 6.07) is 23.6. The lowest BCUT2D eigenvalue weighted by Gasteiger charge is -2.11. The summed E-state index contributed by atoms with van der Waals surface area (Å²) in [5, 5.41) is 2.72. The fourth-order valence-corrected chi connectivity index (χ4v) is 4.56. The minimum absolute atomic E-state index is 0.0520. The van der Waals surface area contributed by atoms with E-state index in [9.17, 15) is 13.2 Å². The van der Waals surface area contributed by atoms with Gasteiger partial charge in [-0.2, -0.15) is 0 Å². The normalized spacial score (nSPS) is 11.1. The van der Waals surface area contributed by atoms with Gasteiger partial charge in [0, 0.05) is 11.3 Å². The molecule has 33 heavy (non-hydrogen) atoms. The second kappa shape index (κ2) is 9.62. The number of para-hydroxylation sites is 2. The van der Waals surface area contributed by atoms with Gasteiger partial charge in [-0.05, 0) is 54.6 Å². The molecular formula is C25H21NO6S. The summed E-state index contributed by atoms with van der Waals surface area (Å²) in [7, 11) is -2.06. The van der Waals surface area contributed by atoms with Gasteiger partial charge in [0.15, 0.2) is 27.1 Å². The molecule has 0 unspecified atom stereocenters. The Kier molecular flexibility index (Phi) is 6.46. The number of amides is 1. The van der Waals surface area contributed by atoms with E-state index in [1.54, 1.807) is 61.7 Å². The average molecular weight is 464 g/mol. The zero-order valence-corrected chi connectivity index (χ0v) is 18.5. The quantitative estimate of drug-likeness (QED) is 0.381. The monoisotopic (exact) mass is 463 g/mol. The van der Waals surface area contributed by atoms with E-state index in [1.165, 1.54) is 24.5 Å². The third kappa shape index (κ3) is 5.24. The van der Waals surface area contributed by atoms with E-state index in [2.05, 4.69) is 5.32 Å². The highest BCUT2D eigenvalue weighted by atomic mass is 32.2. The molecule has 7 nitrogen and oxygen atoms in total. The van der Waals surface area contributed by atoms with E-state index >= 15 is 0 Å². The van der Waals surface area contributed by atoms with Crippen LogP contribution in [0.2, 0.25) is 0 Å². The van der Waals surface area contributed by atoms with Gasteiger partial charge in [-0.1, -0.05) is 30.3 Å². The van der Waals surface area contributed by atoms with Gasteiger partial charge < -0.3 is 19.2 Å². The molecule has 168 valence electrons. The highest BCUT2D eigenvalue weighted by Gasteiger charge is 2.22. The minimum atomic E-state index is -3.62. The Hall–Kier alpha value is -4.04. The van der Waals surface area contributed by atoms with Crippen LogP contribution in [-0.4, -0.2) is 21.4 Å². The summed E-state index contributed by atoms with van der Waals surface area (Å²) in [6.45, 7) is 0. The van der Waals surface area contributed by atoms with E-state index in [4.69, 9.17) is 13.9 Å². The number of hydrogen-bond donors (Lipinski definition) is 1. The summed E-state index contributed by atoms with van der Waals surface area (Å²) in [5.41, 5.74) is 0.785. The Bertz CT molecular complexity index is 1350. The first kappa shape index (κ1) is 22.2. The van der Waals surface area contributed by atoms with Crippen LogP contribution in [0.3, 0.4) is 0 Å². The fraction of sp³-hybridized carbons (Fsp3) is 0.0800. The molecular weight excluding hydrogens is 442 g/mol. The van der Waals surface area contributed by atoms with Gasteiger partial charge in [-0.3, -0.25) is 4.79 Å². The van der Waals surface area contributed by atoms with Crippen molar-refractivity contribution in [3.8, 4) is 17.2 Å². The molecule has 0 radical (unpaired) electrons. The molecule has 0 aliphatic carbocycles. The second-order valence-electron chi connectivity index (χ2n) is 7.08. The summed E-state index contributed by atoms with van der Waals surface area (Å²) in [4.78, 5) is 12.9. The molecule has 1 heterocycles. The molecule has 4 rings (SSSR count). The van der Waals surface area contributed by atoms with E-state index in [1.807, 2.05) is 12.1 Å². The number of carbonyl (C=O) groups is 1. The minimum Gasteiger partial charge on any atom is -0.493 e. The third-order valence-corrected chi connectivity index (χ3v) is 6.49. The maximum absolute atomic E-state index is 12.7. The van der Waals surface area contributed by atoms with Crippen LogP contribution in [0.15, 0.2) is 101 Å². The number of carbonyl (C=O) groups excluding carboxylic acids is 1. The average Bonchev–Trinajstić information content (AvgIpc) is 3.29. The van der Waals surface area contributed by atoms with Crippen molar-refractivity contribution in [3.05, 3.63) is 103 Å². The molecule has 0 aliphatic rings. The van der Waals surface area contributed by atoms with E-state index in [0.717, 1.165) is 0 Å². The van der Waals surface area contributed by atoms with Crippen LogP contribution in [0.1, 0.15) is 16.1 Å². The van der Waals surface area contributed by atoms with Crippen molar-refractivity contribution in [2.45, 2.75) is 10.6 Å². The lowest BCUT2D eigenvalue weighted by atomic mass is 10.2. The van der Waals surface area contributed by atoms with E-state index in [0.29, 0.717) is 22.9 Å². The molecule has 0 bridgehead atoms. The summed E-state index contributed by atoms with van der Waals surface area (Å²) < 4.78 is 41.7. The van der Waals surface area contributed by atoms with Gasteiger partial charge in [0.05, 0.1) is 24.0 Å². The van der Waals surface area contributed by atoms with Gasteiger partial charge in [0.2, 0.25) is 0 Å². The molecule has 8 heteroatoms. The molecule has 0 saturated heterocycles. The Morgan fingerprint density at radius 3 is 2.24 bits per heavy atom. The molecule has 3 aromatic carbocycles. The number of nitrogens with one attached hydrogen (secondary N) is 1. The smallest absolute Gasteiger partial charge is 0.291 e. The Morgan fingerprint density at radius 1 is 0.879 bits per heavy atom. The number of anilines is 1. The van der Waals surface area contributed by atoms with Crippen LogP contribution >= 0.6 is 0 Å². The number of methoxy groups -OCH3 is 1. The fourth-order valence-electron chi connectivity index (χ4n) is 3.19. The summed E-state index contributed by atoms with van der Waals surface area (Å²) in [6.07, 6.45) is 1.30. The number of rotatable bonds is 8. The number of hydrogen-bond acceptors (Lipinski definition) is 6. The first-order valence-corrected chi connectivity index (χ1v) is 11.7. The zero-order chi connectivity index (χ0) is 23.3. The van der Waals surface area contributed by atoms with Gasteiger partial charge in [-0.25, -0.2) is 8.42 Å². The molecule has 1 amide bonds. The number of furan rings is 1. The second-order valence-corrected chi connectivity index (χ2v) is 9.07. The highest BCUT2D eigenvalue weighted by molar-refractivity contribution is 7.90. The molecule has 0 saturated carbocycles. The van der Waals surface area contributed by atoms with Crippen molar-refractivity contribution in [1.29, 1.82) is 0 Å². The summed E-state index contributed by atoms with van der Waals surface area (Å²) in [5.74, 6) is 0.787. The Labute approximate surface area is 191 Å². The molecule has 1 N–H and O–H groups in total. The van der Waals surface area contributed by atoms with E-state index in [-0.39, 0.29) is 22.0 Å². The van der Waals surface area contributed by atoms with Crippen LogP contribution in [0.5, 0.6) is 17.2 Å². The van der Waals surface area contributed by atoms with Crippen LogP contribution in [-0.2, 0) is 15.6 Å². The Morgan fingerprint density at radius 2 is 1.55 bits per heavy atom. The largest absolute Gasteiger partial charge is 0.493 e. The first-order chi connectivity index (χ1) is 16.0. The predicted octanol–water partition coefficient (Wildman–Crippen LogP) is 5.31. The van der Waals surface area contributed by atoms with Crippen molar-refractivity contribution in [1.82, 2.24) is 0 Å². The summed E-state index contributed by atoms with van der Waals surface area (Å²) >= 11 is 0. The van der Waals surface area contributed by atoms with Gasteiger partial charge in [0.1, 0.15) is 5.75 Å². The van der Waals surface area contributed by atoms with Crippen molar-refractivity contribution < 1.29 is 27.1 Å². The van der Waals surface area contributed by atoms with Crippen molar-refractivity contribution in [2.75, 3.05) is 12.4 Å². The molecule has 0 spiro atoms. The first-order valence-electron chi connectivity index (χ1n) is 10.0.